The zero-order valence-corrected chi connectivity index (χ0v) is 9.82. The van der Waals surface area contributed by atoms with Gasteiger partial charge in [0.15, 0.2) is 0 Å². The lowest BCUT2D eigenvalue weighted by molar-refractivity contribution is 0.474. The lowest BCUT2D eigenvalue weighted by Crippen LogP contribution is -2.00. The zero-order valence-electron chi connectivity index (χ0n) is 9.82. The Labute approximate surface area is 106 Å². The highest BCUT2D eigenvalue weighted by molar-refractivity contribution is 6.12. The molecule has 0 saturated carbocycles. The van der Waals surface area contributed by atoms with Crippen LogP contribution >= 0.6 is 0 Å². The summed E-state index contributed by atoms with van der Waals surface area (Å²) in [4.78, 5) is 0. The number of rotatable bonds is 3. The summed E-state index contributed by atoms with van der Waals surface area (Å²) in [6.07, 6.45) is 3.68. The molecule has 0 saturated heterocycles. The summed E-state index contributed by atoms with van der Waals surface area (Å²) < 4.78 is 0. The second kappa shape index (κ2) is 5.68. The summed E-state index contributed by atoms with van der Waals surface area (Å²) in [6.45, 7) is 0. The minimum atomic E-state index is 0.166. The highest BCUT2D eigenvalue weighted by atomic mass is 16.3. The SMILES string of the molecule is N/N=C(\C=C\c1ccccc1)c1ccccc1O. The van der Waals surface area contributed by atoms with E-state index in [1.165, 1.54) is 0 Å². The van der Waals surface area contributed by atoms with Crippen LogP contribution in [0.1, 0.15) is 11.1 Å². The van der Waals surface area contributed by atoms with E-state index in [1.54, 1.807) is 24.3 Å². The maximum Gasteiger partial charge on any atom is 0.125 e. The van der Waals surface area contributed by atoms with Gasteiger partial charge in [-0.2, -0.15) is 5.10 Å². The van der Waals surface area contributed by atoms with Gasteiger partial charge in [-0.1, -0.05) is 48.5 Å². The number of nitrogens with zero attached hydrogens (tertiary/aromatic N) is 1. The summed E-state index contributed by atoms with van der Waals surface area (Å²) in [5.41, 5.74) is 2.21. The fourth-order valence-electron chi connectivity index (χ4n) is 1.63. The first-order valence-electron chi connectivity index (χ1n) is 5.60. The minimum absolute atomic E-state index is 0.166. The van der Waals surface area contributed by atoms with Crippen LogP contribution in [0.2, 0.25) is 0 Å². The molecule has 0 bridgehead atoms. The number of phenolic OH excluding ortho intramolecular Hbond substituents is 1. The van der Waals surface area contributed by atoms with Crippen molar-refractivity contribution >= 4 is 11.8 Å². The topological polar surface area (TPSA) is 58.6 Å². The van der Waals surface area contributed by atoms with Crippen molar-refractivity contribution in [1.82, 2.24) is 0 Å². The van der Waals surface area contributed by atoms with Gasteiger partial charge in [0, 0.05) is 5.56 Å². The summed E-state index contributed by atoms with van der Waals surface area (Å²) in [6, 6.07) is 16.8. The third-order valence-electron chi connectivity index (χ3n) is 2.55. The Morgan fingerprint density at radius 1 is 1.00 bits per heavy atom. The summed E-state index contributed by atoms with van der Waals surface area (Å²) >= 11 is 0. The number of benzene rings is 2. The molecule has 90 valence electrons. The monoisotopic (exact) mass is 238 g/mol. The Hall–Kier alpha value is -2.55. The first-order chi connectivity index (χ1) is 8.81. The molecule has 3 heteroatoms. The number of aromatic hydroxyl groups is 1. The maximum absolute atomic E-state index is 9.74. The van der Waals surface area contributed by atoms with Crippen LogP contribution in [0, 0.1) is 0 Å². The first-order valence-corrected chi connectivity index (χ1v) is 5.60. The van der Waals surface area contributed by atoms with Gasteiger partial charge >= 0.3 is 0 Å². The number of hydrazone groups is 1. The lowest BCUT2D eigenvalue weighted by Gasteiger charge is -2.02. The average molecular weight is 238 g/mol. The predicted molar refractivity (Wildman–Crippen MR) is 74.3 cm³/mol. The van der Waals surface area contributed by atoms with Gasteiger partial charge in [0.1, 0.15) is 5.75 Å². The molecule has 18 heavy (non-hydrogen) atoms. The van der Waals surface area contributed by atoms with E-state index in [2.05, 4.69) is 5.10 Å². The molecule has 0 amide bonds. The summed E-state index contributed by atoms with van der Waals surface area (Å²) in [5, 5.41) is 13.4. The molecule has 3 N–H and O–H groups in total. The Kier molecular flexibility index (Phi) is 3.76. The third-order valence-corrected chi connectivity index (χ3v) is 2.55. The maximum atomic E-state index is 9.74. The smallest absolute Gasteiger partial charge is 0.125 e. The third kappa shape index (κ3) is 2.77. The number of phenols is 1. The molecule has 0 spiro atoms. The van der Waals surface area contributed by atoms with Crippen LogP contribution < -0.4 is 5.84 Å². The Morgan fingerprint density at radius 3 is 2.33 bits per heavy atom. The van der Waals surface area contributed by atoms with E-state index in [4.69, 9.17) is 5.84 Å². The molecule has 3 nitrogen and oxygen atoms in total. The van der Waals surface area contributed by atoms with Crippen LogP contribution in [-0.4, -0.2) is 10.8 Å². The second-order valence-electron chi connectivity index (χ2n) is 3.78. The quantitative estimate of drug-likeness (QED) is 0.490. The fourth-order valence-corrected chi connectivity index (χ4v) is 1.63. The van der Waals surface area contributed by atoms with Gasteiger partial charge in [0.2, 0.25) is 0 Å². The highest BCUT2D eigenvalue weighted by Gasteiger charge is 2.04. The van der Waals surface area contributed by atoms with Crippen molar-refractivity contribution in [2.24, 2.45) is 10.9 Å². The van der Waals surface area contributed by atoms with Crippen molar-refractivity contribution in [2.75, 3.05) is 0 Å². The number of hydrogen-bond acceptors (Lipinski definition) is 3. The van der Waals surface area contributed by atoms with Crippen molar-refractivity contribution in [1.29, 1.82) is 0 Å². The molecular formula is C15H14N2O. The Morgan fingerprint density at radius 2 is 1.67 bits per heavy atom. The molecule has 0 radical (unpaired) electrons. The molecule has 0 heterocycles. The van der Waals surface area contributed by atoms with E-state index >= 15 is 0 Å². The lowest BCUT2D eigenvalue weighted by atomic mass is 10.1. The Bertz CT molecular complexity index is 574. The molecule has 0 unspecified atom stereocenters. The second-order valence-corrected chi connectivity index (χ2v) is 3.78. The van der Waals surface area contributed by atoms with Gasteiger partial charge < -0.3 is 10.9 Å². The van der Waals surface area contributed by atoms with E-state index in [1.807, 2.05) is 42.5 Å². The van der Waals surface area contributed by atoms with E-state index in [0.717, 1.165) is 5.56 Å². The van der Waals surface area contributed by atoms with Crippen molar-refractivity contribution in [3.8, 4) is 5.75 Å². The van der Waals surface area contributed by atoms with Gasteiger partial charge in [-0.15, -0.1) is 0 Å². The normalized spacial score (nSPS) is 11.9. The molecule has 2 aromatic carbocycles. The molecule has 0 atom stereocenters. The van der Waals surface area contributed by atoms with E-state index < -0.39 is 0 Å². The first kappa shape index (κ1) is 11.9. The molecule has 0 fully saturated rings. The molecular weight excluding hydrogens is 224 g/mol. The summed E-state index contributed by atoms with van der Waals surface area (Å²) in [7, 11) is 0. The fraction of sp³-hybridized carbons (Fsp3) is 0. The molecule has 2 rings (SSSR count). The van der Waals surface area contributed by atoms with Gasteiger partial charge in [0.25, 0.3) is 0 Å². The van der Waals surface area contributed by atoms with Crippen LogP contribution in [0.25, 0.3) is 6.08 Å². The number of hydrogen-bond donors (Lipinski definition) is 2. The van der Waals surface area contributed by atoms with Crippen LogP contribution in [0.15, 0.2) is 65.8 Å². The van der Waals surface area contributed by atoms with Crippen molar-refractivity contribution in [3.63, 3.8) is 0 Å². The van der Waals surface area contributed by atoms with Crippen molar-refractivity contribution < 1.29 is 5.11 Å². The van der Waals surface area contributed by atoms with Crippen LogP contribution in [-0.2, 0) is 0 Å². The summed E-state index contributed by atoms with van der Waals surface area (Å²) in [5.74, 6) is 5.53. The van der Waals surface area contributed by atoms with E-state index in [0.29, 0.717) is 11.3 Å². The number of para-hydroxylation sites is 1. The number of nitrogens with two attached hydrogens (primary N) is 1. The van der Waals surface area contributed by atoms with Crippen molar-refractivity contribution in [2.45, 2.75) is 0 Å². The van der Waals surface area contributed by atoms with E-state index in [9.17, 15) is 5.11 Å². The Balaban J connectivity index is 2.27. The highest BCUT2D eigenvalue weighted by Crippen LogP contribution is 2.17. The van der Waals surface area contributed by atoms with Crippen LogP contribution in [0.4, 0.5) is 0 Å². The van der Waals surface area contributed by atoms with Gasteiger partial charge in [0.05, 0.1) is 5.71 Å². The average Bonchev–Trinajstić information content (AvgIpc) is 2.42. The van der Waals surface area contributed by atoms with Crippen LogP contribution in [0.5, 0.6) is 5.75 Å². The predicted octanol–water partition coefficient (Wildman–Crippen LogP) is 2.77. The minimum Gasteiger partial charge on any atom is -0.507 e. The van der Waals surface area contributed by atoms with Gasteiger partial charge in [-0.05, 0) is 23.8 Å². The largest absolute Gasteiger partial charge is 0.507 e. The molecule has 0 aliphatic carbocycles. The van der Waals surface area contributed by atoms with Crippen molar-refractivity contribution in [3.05, 3.63) is 71.8 Å². The molecule has 2 aromatic rings. The van der Waals surface area contributed by atoms with E-state index in [-0.39, 0.29) is 5.75 Å². The number of allylic oxidation sites excluding steroid dienone is 1. The zero-order chi connectivity index (χ0) is 12.8. The van der Waals surface area contributed by atoms with Gasteiger partial charge in [-0.3, -0.25) is 0 Å². The van der Waals surface area contributed by atoms with Gasteiger partial charge in [-0.25, -0.2) is 0 Å². The molecule has 0 aromatic heterocycles. The molecule has 0 aliphatic rings. The van der Waals surface area contributed by atoms with Crippen LogP contribution in [0.3, 0.4) is 0 Å². The molecule has 0 aliphatic heterocycles. The standard InChI is InChI=1S/C15H14N2O/c16-17-14(13-8-4-5-9-15(13)18)11-10-12-6-2-1-3-7-12/h1-11,18H,16H2/b11-10+,17-14+.